The van der Waals surface area contributed by atoms with Crippen molar-refractivity contribution in [3.05, 3.63) is 83.4 Å². The van der Waals surface area contributed by atoms with Gasteiger partial charge in [-0.2, -0.15) is 26.9 Å². The van der Waals surface area contributed by atoms with E-state index in [-0.39, 0.29) is 29.9 Å². The van der Waals surface area contributed by atoms with E-state index in [1.807, 2.05) is 30.3 Å². The summed E-state index contributed by atoms with van der Waals surface area (Å²) in [7, 11) is 1.60. The van der Waals surface area contributed by atoms with Crippen molar-refractivity contribution in [3.8, 4) is 11.5 Å². The van der Waals surface area contributed by atoms with Gasteiger partial charge in [-0.25, -0.2) is 5.43 Å². The maximum Gasteiger partial charge on any atom is 0.499 e. The van der Waals surface area contributed by atoms with Gasteiger partial charge in [0.05, 0.1) is 20.3 Å². The first-order valence-electron chi connectivity index (χ1n) is 15.4. The van der Waals surface area contributed by atoms with Crippen molar-refractivity contribution in [2.75, 3.05) is 37.5 Å². The van der Waals surface area contributed by atoms with Crippen LogP contribution in [0.15, 0.2) is 76.7 Å². The first-order chi connectivity index (χ1) is 23.7. The van der Waals surface area contributed by atoms with Gasteiger partial charge < -0.3 is 35.3 Å². The average molecular weight is 724 g/mol. The summed E-state index contributed by atoms with van der Waals surface area (Å²) < 4.78 is 84.2. The molecular weight excluding hydrogens is 685 g/mol. The molecule has 0 amide bonds. The molecule has 0 aliphatic carbocycles. The van der Waals surface area contributed by atoms with E-state index in [9.17, 15) is 22.0 Å². The largest absolute Gasteiger partial charge is 0.499 e. The summed E-state index contributed by atoms with van der Waals surface area (Å²) in [4.78, 5) is 8.82. The van der Waals surface area contributed by atoms with Crippen molar-refractivity contribution in [1.82, 2.24) is 10.9 Å². The number of thiocarbonyl (C=S) groups is 1. The third-order valence-corrected chi connectivity index (χ3v) is 7.31. The lowest BCUT2D eigenvalue weighted by molar-refractivity contribution is -0.360. The molecule has 0 unspecified atom stereocenters. The van der Waals surface area contributed by atoms with E-state index in [0.717, 1.165) is 28.9 Å². The number of rotatable bonds is 13. The Kier molecular flexibility index (Phi) is 13.3. The molecule has 1 saturated heterocycles. The van der Waals surface area contributed by atoms with E-state index in [0.29, 0.717) is 42.6 Å². The van der Waals surface area contributed by atoms with Crippen LogP contribution in [0.1, 0.15) is 42.9 Å². The molecule has 0 aromatic heterocycles. The number of hydrogen-bond donors (Lipinski definition) is 5. The van der Waals surface area contributed by atoms with Crippen LogP contribution in [0.4, 0.5) is 33.3 Å². The number of halogens is 5. The van der Waals surface area contributed by atoms with Crippen LogP contribution < -0.4 is 36.7 Å². The van der Waals surface area contributed by atoms with Gasteiger partial charge in [0.2, 0.25) is 5.96 Å². The summed E-state index contributed by atoms with van der Waals surface area (Å²) in [6, 6.07) is 17.4. The topological polar surface area (TPSA) is 136 Å². The first kappa shape index (κ1) is 38.2. The average Bonchev–Trinajstić information content (AvgIpc) is 3.58. The molecule has 1 heterocycles. The molecule has 1 fully saturated rings. The molecule has 1 aliphatic heterocycles. The van der Waals surface area contributed by atoms with E-state index >= 15 is 0 Å². The maximum atomic E-state index is 13.3. The second kappa shape index (κ2) is 17.4. The van der Waals surface area contributed by atoms with Crippen LogP contribution >= 0.6 is 12.2 Å². The molecule has 4 rings (SSSR count). The molecule has 1 aliphatic rings. The number of nitrogens with zero attached hydrogens (tertiary/aromatic N) is 2. The normalized spacial score (nSPS) is 14.5. The quantitative estimate of drug-likeness (QED) is 0.0451. The number of hydrazine groups is 1. The molecule has 0 radical (unpaired) electrons. The van der Waals surface area contributed by atoms with Crippen LogP contribution in [-0.4, -0.2) is 62.4 Å². The van der Waals surface area contributed by atoms with Gasteiger partial charge in [-0.3, -0.25) is 10.4 Å². The zero-order chi connectivity index (χ0) is 36.3. The van der Waals surface area contributed by atoms with Gasteiger partial charge in [-0.1, -0.05) is 44.2 Å². The minimum Gasteiger partial charge on any atom is -0.497 e. The lowest BCUT2D eigenvalue weighted by Crippen LogP contribution is -2.41. The van der Waals surface area contributed by atoms with Crippen LogP contribution in [-0.2, 0) is 16.0 Å². The minimum absolute atomic E-state index is 0.0578. The molecule has 0 bridgehead atoms. The second-order valence-corrected chi connectivity index (χ2v) is 11.6. The van der Waals surface area contributed by atoms with Crippen molar-refractivity contribution < 1.29 is 40.9 Å². The number of benzene rings is 3. The van der Waals surface area contributed by atoms with E-state index in [4.69, 9.17) is 32.2 Å². The number of hydrogen-bond acceptors (Lipinski definition) is 7. The molecule has 11 nitrogen and oxygen atoms in total. The van der Waals surface area contributed by atoms with Gasteiger partial charge in [0, 0.05) is 42.5 Å². The number of anilines is 2. The number of guanidine groups is 1. The monoisotopic (exact) mass is 723 g/mol. The summed E-state index contributed by atoms with van der Waals surface area (Å²) in [5.41, 5.74) is 16.0. The van der Waals surface area contributed by atoms with Crippen LogP contribution in [0.2, 0.25) is 0 Å². The Morgan fingerprint density at radius 2 is 1.62 bits per heavy atom. The van der Waals surface area contributed by atoms with E-state index in [2.05, 4.69) is 50.1 Å². The van der Waals surface area contributed by atoms with Crippen molar-refractivity contribution in [1.29, 1.82) is 0 Å². The molecule has 0 atom stereocenters. The number of nitrogens with one attached hydrogen (secondary N) is 4. The molecule has 50 heavy (non-hydrogen) atoms. The molecule has 17 heteroatoms. The minimum atomic E-state index is -5.87. The molecular formula is C33H38F5N7O4S. The standard InChI is InChI=1S/C33H38F5N7O4S/c1-20(2)26-13-12-25(46-3)18-27(26)43-31(50)45-41-19-21-4-6-22(7-5-21)29(39)44-30(40-15-14-28-47-16-17-48-28)42-23-8-10-24(11-9-23)49-33(37,38)32(34,35)36/h4-13,18,20,28,41H,14-17,19H2,1-3H3,(H2,43,45,50)(H3,39,40,42,44). The summed E-state index contributed by atoms with van der Waals surface area (Å²) in [6.45, 7) is 5.77. The van der Waals surface area contributed by atoms with Crippen molar-refractivity contribution in [3.63, 3.8) is 0 Å². The predicted molar refractivity (Wildman–Crippen MR) is 185 cm³/mol. The smallest absolute Gasteiger partial charge is 0.497 e. The predicted octanol–water partition coefficient (Wildman–Crippen LogP) is 6.28. The van der Waals surface area contributed by atoms with Gasteiger partial charge in [-0.05, 0) is 59.6 Å². The fourth-order valence-electron chi connectivity index (χ4n) is 4.52. The highest BCUT2D eigenvalue weighted by Gasteiger charge is 2.61. The number of methoxy groups -OCH3 is 1. The van der Waals surface area contributed by atoms with Gasteiger partial charge in [0.25, 0.3) is 0 Å². The number of aliphatic imine (C=N–C) groups is 2. The fraction of sp³-hybridized carbons (Fsp3) is 0.364. The first-order valence-corrected chi connectivity index (χ1v) is 15.8. The highest BCUT2D eigenvalue weighted by atomic mass is 32.1. The van der Waals surface area contributed by atoms with E-state index in [1.165, 1.54) is 12.1 Å². The summed E-state index contributed by atoms with van der Waals surface area (Å²) >= 11 is 5.45. The van der Waals surface area contributed by atoms with Gasteiger partial charge >= 0.3 is 12.3 Å². The van der Waals surface area contributed by atoms with Crippen molar-refractivity contribution >= 4 is 40.5 Å². The van der Waals surface area contributed by atoms with E-state index < -0.39 is 24.3 Å². The number of amidine groups is 1. The van der Waals surface area contributed by atoms with Crippen LogP contribution in [0, 0.1) is 0 Å². The number of alkyl halides is 5. The molecule has 3 aromatic rings. The molecule has 6 N–H and O–H groups in total. The summed E-state index contributed by atoms with van der Waals surface area (Å²) in [5.74, 6) is 0.459. The highest BCUT2D eigenvalue weighted by molar-refractivity contribution is 7.80. The Labute approximate surface area is 291 Å². The van der Waals surface area contributed by atoms with Crippen LogP contribution in [0.3, 0.4) is 0 Å². The lowest BCUT2D eigenvalue weighted by Gasteiger charge is -2.20. The fourth-order valence-corrected chi connectivity index (χ4v) is 4.70. The lowest BCUT2D eigenvalue weighted by atomic mass is 10.0. The Bertz CT molecular complexity index is 1630. The van der Waals surface area contributed by atoms with Crippen LogP contribution in [0.25, 0.3) is 0 Å². The van der Waals surface area contributed by atoms with Gasteiger partial charge in [0.1, 0.15) is 17.3 Å². The summed E-state index contributed by atoms with van der Waals surface area (Å²) in [5, 5.41) is 6.47. The third-order valence-electron chi connectivity index (χ3n) is 7.10. The van der Waals surface area contributed by atoms with Gasteiger partial charge in [0.15, 0.2) is 11.4 Å². The molecule has 0 spiro atoms. The maximum absolute atomic E-state index is 13.3. The SMILES string of the molecule is COc1ccc(C(C)C)c(NC(=S)NNCc2ccc(C(N)=NC(=NCCC3OCCO3)Nc3ccc(OC(F)(F)C(F)(F)F)cc3)cc2)c1. The second-order valence-electron chi connectivity index (χ2n) is 11.2. The number of ether oxygens (including phenoxy) is 4. The molecule has 270 valence electrons. The zero-order valence-corrected chi connectivity index (χ0v) is 28.3. The Morgan fingerprint density at radius 3 is 2.24 bits per heavy atom. The highest BCUT2D eigenvalue weighted by Crippen LogP contribution is 2.37. The number of nitrogens with two attached hydrogens (primary N) is 1. The Balaban J connectivity index is 1.37. The zero-order valence-electron chi connectivity index (χ0n) is 27.4. The Morgan fingerprint density at radius 1 is 0.960 bits per heavy atom. The van der Waals surface area contributed by atoms with Crippen molar-refractivity contribution in [2.45, 2.75) is 51.3 Å². The molecule has 0 saturated carbocycles. The van der Waals surface area contributed by atoms with Gasteiger partial charge in [-0.15, -0.1) is 0 Å². The molecule has 3 aromatic carbocycles. The van der Waals surface area contributed by atoms with E-state index in [1.54, 1.807) is 19.2 Å². The summed E-state index contributed by atoms with van der Waals surface area (Å²) in [6.07, 6.45) is -11.2. The van der Waals surface area contributed by atoms with Crippen molar-refractivity contribution in [2.24, 2.45) is 15.7 Å². The Hall–Kier alpha value is -4.58. The third kappa shape index (κ3) is 11.2. The van der Waals surface area contributed by atoms with Crippen LogP contribution in [0.5, 0.6) is 11.5 Å².